The van der Waals surface area contributed by atoms with Crippen molar-refractivity contribution in [2.24, 2.45) is 0 Å². The highest BCUT2D eigenvalue weighted by Gasteiger charge is 2.18. The predicted octanol–water partition coefficient (Wildman–Crippen LogP) is 0.965. The number of hydrogen-bond donors (Lipinski definition) is 2. The number of carboxylic acids is 1. The topological polar surface area (TPSA) is 107 Å². The summed E-state index contributed by atoms with van der Waals surface area (Å²) in [6.07, 6.45) is -0.339. The van der Waals surface area contributed by atoms with Gasteiger partial charge in [0.15, 0.2) is 0 Å². The lowest BCUT2D eigenvalue weighted by atomic mass is 10.2. The number of nitrogens with zero attached hydrogens (tertiary/aromatic N) is 1. The van der Waals surface area contributed by atoms with Crippen molar-refractivity contribution in [1.29, 1.82) is 5.26 Å². The van der Waals surface area contributed by atoms with Crippen LogP contribution in [0.15, 0.2) is 23.1 Å². The molecule has 1 aromatic rings. The van der Waals surface area contributed by atoms with Gasteiger partial charge in [-0.25, -0.2) is 13.1 Å². The van der Waals surface area contributed by atoms with Crippen LogP contribution in [0.3, 0.4) is 0 Å². The lowest BCUT2D eigenvalue weighted by Crippen LogP contribution is -2.26. The molecule has 2 N–H and O–H groups in total. The fourth-order valence-electron chi connectivity index (χ4n) is 1.15. The minimum Gasteiger partial charge on any atom is -0.481 e. The van der Waals surface area contributed by atoms with Crippen molar-refractivity contribution < 1.29 is 18.3 Å². The second kappa shape index (κ2) is 5.82. The van der Waals surface area contributed by atoms with E-state index in [0.717, 1.165) is 6.07 Å². The monoisotopic (exact) mass is 288 g/mol. The van der Waals surface area contributed by atoms with Gasteiger partial charge in [-0.1, -0.05) is 11.6 Å². The zero-order valence-electron chi connectivity index (χ0n) is 9.05. The quantitative estimate of drug-likeness (QED) is 0.839. The summed E-state index contributed by atoms with van der Waals surface area (Å²) in [6, 6.07) is 5.61. The van der Waals surface area contributed by atoms with E-state index >= 15 is 0 Å². The number of sulfonamides is 1. The molecule has 0 atom stereocenters. The van der Waals surface area contributed by atoms with E-state index < -0.39 is 16.0 Å². The Balaban J connectivity index is 2.98. The molecule has 0 aromatic heterocycles. The highest BCUT2D eigenvalue weighted by molar-refractivity contribution is 7.89. The molecule has 0 radical (unpaired) electrons. The first-order valence-corrected chi connectivity index (χ1v) is 6.64. The molecule has 6 nitrogen and oxygen atoms in total. The molecular formula is C10H9ClN2O4S. The molecule has 0 bridgehead atoms. The minimum atomic E-state index is -3.92. The SMILES string of the molecule is N#Cc1ccc(Cl)c(S(=O)(=O)NCCC(=O)O)c1. The zero-order chi connectivity index (χ0) is 13.8. The van der Waals surface area contributed by atoms with Crippen LogP contribution in [-0.2, 0) is 14.8 Å². The number of carboxylic acid groups (broad SMARTS) is 1. The predicted molar refractivity (Wildman–Crippen MR) is 63.6 cm³/mol. The van der Waals surface area contributed by atoms with Gasteiger partial charge in [0, 0.05) is 6.54 Å². The standard InChI is InChI=1S/C10H9ClN2O4S/c11-8-2-1-7(6-12)5-9(8)18(16,17)13-4-3-10(14)15/h1-2,5,13H,3-4H2,(H,14,15). The molecule has 96 valence electrons. The number of nitrogens with one attached hydrogen (secondary N) is 1. The van der Waals surface area contributed by atoms with Gasteiger partial charge < -0.3 is 5.11 Å². The normalized spacial score (nSPS) is 10.9. The van der Waals surface area contributed by atoms with E-state index in [2.05, 4.69) is 4.72 Å². The molecule has 18 heavy (non-hydrogen) atoms. The van der Waals surface area contributed by atoms with Gasteiger partial charge in [0.05, 0.1) is 23.1 Å². The Kier molecular flexibility index (Phi) is 4.67. The van der Waals surface area contributed by atoms with Crippen LogP contribution in [0, 0.1) is 11.3 Å². The molecule has 0 heterocycles. The number of rotatable bonds is 5. The van der Waals surface area contributed by atoms with Gasteiger partial charge in [-0.3, -0.25) is 4.79 Å². The molecule has 0 aliphatic carbocycles. The third-order valence-electron chi connectivity index (χ3n) is 1.98. The molecule has 8 heteroatoms. The average molecular weight is 289 g/mol. The third kappa shape index (κ3) is 3.70. The van der Waals surface area contributed by atoms with Crippen LogP contribution in [0.25, 0.3) is 0 Å². The van der Waals surface area contributed by atoms with Crippen LogP contribution < -0.4 is 4.72 Å². The van der Waals surface area contributed by atoms with E-state index in [1.54, 1.807) is 6.07 Å². The summed E-state index contributed by atoms with van der Waals surface area (Å²) in [5.41, 5.74) is 0.151. The van der Waals surface area contributed by atoms with Crippen molar-refractivity contribution in [1.82, 2.24) is 4.72 Å². The van der Waals surface area contributed by atoms with Gasteiger partial charge in [0.1, 0.15) is 4.90 Å². The fourth-order valence-corrected chi connectivity index (χ4v) is 2.70. The number of hydrogen-bond acceptors (Lipinski definition) is 4. The van der Waals surface area contributed by atoms with E-state index in [9.17, 15) is 13.2 Å². The molecule has 0 saturated heterocycles. The summed E-state index contributed by atoms with van der Waals surface area (Å²) < 4.78 is 25.7. The smallest absolute Gasteiger partial charge is 0.304 e. The first-order valence-electron chi connectivity index (χ1n) is 4.78. The maximum absolute atomic E-state index is 11.8. The second-order valence-corrected chi connectivity index (χ2v) is 5.44. The van der Waals surface area contributed by atoms with E-state index in [0.29, 0.717) is 0 Å². The van der Waals surface area contributed by atoms with Gasteiger partial charge in [0.25, 0.3) is 0 Å². The third-order valence-corrected chi connectivity index (χ3v) is 3.92. The van der Waals surface area contributed by atoms with Crippen LogP contribution >= 0.6 is 11.6 Å². The molecule has 0 aliphatic heterocycles. The fraction of sp³-hybridized carbons (Fsp3) is 0.200. The second-order valence-electron chi connectivity index (χ2n) is 3.30. The highest BCUT2D eigenvalue weighted by atomic mass is 35.5. The van der Waals surface area contributed by atoms with Crippen LogP contribution in [-0.4, -0.2) is 26.0 Å². The van der Waals surface area contributed by atoms with Crippen LogP contribution in [0.2, 0.25) is 5.02 Å². The van der Waals surface area contributed by atoms with Gasteiger partial charge >= 0.3 is 5.97 Å². The van der Waals surface area contributed by atoms with E-state index in [-0.39, 0.29) is 28.4 Å². The molecule has 1 aromatic carbocycles. The Morgan fingerprint density at radius 2 is 2.17 bits per heavy atom. The van der Waals surface area contributed by atoms with Gasteiger partial charge in [-0.05, 0) is 18.2 Å². The maximum atomic E-state index is 11.8. The molecule has 0 aliphatic rings. The first kappa shape index (κ1) is 14.4. The van der Waals surface area contributed by atoms with Crippen LogP contribution in [0.5, 0.6) is 0 Å². The van der Waals surface area contributed by atoms with Crippen LogP contribution in [0.4, 0.5) is 0 Å². The lowest BCUT2D eigenvalue weighted by Gasteiger charge is -2.07. The number of halogens is 1. The van der Waals surface area contributed by atoms with Crippen molar-refractivity contribution in [3.8, 4) is 6.07 Å². The maximum Gasteiger partial charge on any atom is 0.304 e. The number of nitriles is 1. The summed E-state index contributed by atoms with van der Waals surface area (Å²) in [5, 5.41) is 17.1. The van der Waals surface area contributed by atoms with Crippen molar-refractivity contribution in [3.63, 3.8) is 0 Å². The van der Waals surface area contributed by atoms with Crippen LogP contribution in [0.1, 0.15) is 12.0 Å². The lowest BCUT2D eigenvalue weighted by molar-refractivity contribution is -0.136. The first-order chi connectivity index (χ1) is 8.36. The molecule has 0 unspecified atom stereocenters. The summed E-state index contributed by atoms with van der Waals surface area (Å²) in [5.74, 6) is -1.12. The van der Waals surface area contributed by atoms with Gasteiger partial charge in [0.2, 0.25) is 10.0 Å². The summed E-state index contributed by atoms with van der Waals surface area (Å²) >= 11 is 5.73. The van der Waals surface area contributed by atoms with Crippen molar-refractivity contribution in [2.45, 2.75) is 11.3 Å². The Morgan fingerprint density at radius 3 is 2.72 bits per heavy atom. The zero-order valence-corrected chi connectivity index (χ0v) is 10.6. The number of aliphatic carboxylic acids is 1. The largest absolute Gasteiger partial charge is 0.481 e. The van der Waals surface area contributed by atoms with E-state index in [4.69, 9.17) is 22.0 Å². The molecular weight excluding hydrogens is 280 g/mol. The van der Waals surface area contributed by atoms with E-state index in [1.807, 2.05) is 0 Å². The minimum absolute atomic E-state index is 0.0307. The molecule has 0 spiro atoms. The molecule has 1 rings (SSSR count). The van der Waals surface area contributed by atoms with Crippen molar-refractivity contribution in [3.05, 3.63) is 28.8 Å². The Hall–Kier alpha value is -1.62. The molecule has 0 fully saturated rings. The Labute approximate surface area is 109 Å². The number of benzene rings is 1. The summed E-state index contributed by atoms with van der Waals surface area (Å²) in [7, 11) is -3.92. The average Bonchev–Trinajstić information content (AvgIpc) is 2.28. The summed E-state index contributed by atoms with van der Waals surface area (Å²) in [6.45, 7) is -0.245. The molecule has 0 amide bonds. The number of carbonyl (C=O) groups is 1. The van der Waals surface area contributed by atoms with Gasteiger partial charge in [-0.15, -0.1) is 0 Å². The van der Waals surface area contributed by atoms with E-state index in [1.165, 1.54) is 12.1 Å². The Morgan fingerprint density at radius 1 is 1.50 bits per heavy atom. The highest BCUT2D eigenvalue weighted by Crippen LogP contribution is 2.22. The van der Waals surface area contributed by atoms with Gasteiger partial charge in [-0.2, -0.15) is 5.26 Å². The summed E-state index contributed by atoms with van der Waals surface area (Å²) in [4.78, 5) is 10.0. The molecule has 0 saturated carbocycles. The Bertz CT molecular complexity index is 607. The van der Waals surface area contributed by atoms with Crippen molar-refractivity contribution >= 4 is 27.6 Å². The van der Waals surface area contributed by atoms with Crippen molar-refractivity contribution in [2.75, 3.05) is 6.54 Å².